The van der Waals surface area contributed by atoms with Gasteiger partial charge in [-0.3, -0.25) is 0 Å². The average molecular weight is 440 g/mol. The van der Waals surface area contributed by atoms with E-state index in [1.807, 2.05) is 0 Å². The van der Waals surface area contributed by atoms with E-state index in [2.05, 4.69) is 84.9 Å². The van der Waals surface area contributed by atoms with E-state index >= 15 is 0 Å². The maximum Gasteiger partial charge on any atom is 4.00 e. The molecule has 0 aromatic heterocycles. The quantitative estimate of drug-likeness (QED) is 0.246. The van der Waals surface area contributed by atoms with Crippen molar-refractivity contribution in [2.24, 2.45) is 0 Å². The third-order valence-electron chi connectivity index (χ3n) is 3.10. The van der Waals surface area contributed by atoms with Crippen LogP contribution in [-0.4, -0.2) is 0 Å². The minimum Gasteiger partial charge on any atom is -1.00 e. The molecule has 0 saturated carbocycles. The van der Waals surface area contributed by atoms with E-state index < -0.39 is 0 Å². The van der Waals surface area contributed by atoms with E-state index in [-0.39, 0.29) is 72.7 Å². The van der Waals surface area contributed by atoms with Crippen molar-refractivity contribution in [3.05, 3.63) is 84.9 Å². The van der Waals surface area contributed by atoms with Crippen LogP contribution >= 0.6 is 0 Å². The smallest absolute Gasteiger partial charge is 1.00 e. The van der Waals surface area contributed by atoms with Crippen LogP contribution in [0.25, 0.3) is 21.5 Å². The normalized spacial score (nSPS) is 8.36. The molecular formula is C18H14Cl2TiZr+4. The first-order valence-electron chi connectivity index (χ1n) is 6.14. The molecule has 0 heterocycles. The molecule has 0 aliphatic carbocycles. The Morgan fingerprint density at radius 2 is 0.909 bits per heavy atom. The maximum absolute atomic E-state index is 2.12. The van der Waals surface area contributed by atoms with Crippen LogP contribution in [0, 0.1) is 0 Å². The van der Waals surface area contributed by atoms with Crippen molar-refractivity contribution in [1.82, 2.24) is 0 Å². The van der Waals surface area contributed by atoms with E-state index in [4.69, 9.17) is 0 Å². The first-order chi connectivity index (χ1) is 8.93. The summed E-state index contributed by atoms with van der Waals surface area (Å²) in [4.78, 5) is 0. The van der Waals surface area contributed by atoms with Crippen molar-refractivity contribution >= 4 is 21.5 Å². The molecule has 4 aromatic carbocycles. The Morgan fingerprint density at radius 3 is 1.27 bits per heavy atom. The summed E-state index contributed by atoms with van der Waals surface area (Å²) in [6.45, 7) is 0. The number of hydrogen-bond donors (Lipinski definition) is 0. The summed E-state index contributed by atoms with van der Waals surface area (Å²) in [6, 6.07) is 29.3. The fraction of sp³-hybridized carbons (Fsp3) is 0. The molecule has 4 rings (SSSR count). The van der Waals surface area contributed by atoms with Gasteiger partial charge >= 0.3 is 47.9 Å². The van der Waals surface area contributed by atoms with Gasteiger partial charge in [0.2, 0.25) is 0 Å². The van der Waals surface area contributed by atoms with E-state index in [1.165, 1.54) is 21.5 Å². The van der Waals surface area contributed by atoms with E-state index in [0.717, 1.165) is 0 Å². The molecule has 0 aliphatic rings. The van der Waals surface area contributed by atoms with Crippen molar-refractivity contribution in [2.45, 2.75) is 0 Å². The maximum atomic E-state index is 2.12. The molecule has 0 unspecified atom stereocenters. The second kappa shape index (κ2) is 12.3. The minimum atomic E-state index is 0. The van der Waals surface area contributed by atoms with Gasteiger partial charge in [-0.05, 0) is 0 Å². The third kappa shape index (κ3) is 6.15. The van der Waals surface area contributed by atoms with Crippen LogP contribution in [0.2, 0.25) is 0 Å². The molecule has 0 atom stereocenters. The van der Waals surface area contributed by atoms with Crippen LogP contribution < -0.4 is 24.8 Å². The fourth-order valence-electron chi connectivity index (χ4n) is 2.14. The summed E-state index contributed by atoms with van der Waals surface area (Å²) in [7, 11) is 0. The summed E-state index contributed by atoms with van der Waals surface area (Å²) in [5.41, 5.74) is 0. The van der Waals surface area contributed by atoms with Gasteiger partial charge in [0.25, 0.3) is 0 Å². The Labute approximate surface area is 177 Å². The molecule has 0 amide bonds. The van der Waals surface area contributed by atoms with Gasteiger partial charge in [0.1, 0.15) is 0 Å². The molecular weight excluding hydrogens is 426 g/mol. The number of rotatable bonds is 0. The Morgan fingerprint density at radius 1 is 0.545 bits per heavy atom. The Bertz CT molecular complexity index is 635. The second-order valence-corrected chi connectivity index (χ2v) is 4.31. The molecule has 0 saturated heterocycles. The zero-order chi connectivity index (χ0) is 12.2. The largest absolute Gasteiger partial charge is 4.00 e. The molecule has 4 heteroatoms. The molecule has 0 aliphatic heterocycles. The summed E-state index contributed by atoms with van der Waals surface area (Å²) < 4.78 is 0. The number of halogens is 2. The molecule has 0 nitrogen and oxygen atoms in total. The van der Waals surface area contributed by atoms with Crippen molar-refractivity contribution in [2.75, 3.05) is 0 Å². The van der Waals surface area contributed by atoms with Crippen LogP contribution in [0.5, 0.6) is 0 Å². The predicted octanol–water partition coefficient (Wildman–Crippen LogP) is -0.880. The zero-order valence-corrected chi connectivity index (χ0v) is 17.4. The zero-order valence-electron chi connectivity index (χ0n) is 11.8. The van der Waals surface area contributed by atoms with Crippen molar-refractivity contribution < 1.29 is 72.7 Å². The minimum absolute atomic E-state index is 0. The van der Waals surface area contributed by atoms with Gasteiger partial charge in [0, 0.05) is 0 Å². The fourth-order valence-corrected chi connectivity index (χ4v) is 2.14. The molecule has 0 spiro atoms. The van der Waals surface area contributed by atoms with Gasteiger partial charge in [-0.25, -0.2) is 0 Å². The van der Waals surface area contributed by atoms with E-state index in [9.17, 15) is 0 Å². The predicted molar refractivity (Wildman–Crippen MR) is 79.1 cm³/mol. The second-order valence-electron chi connectivity index (χ2n) is 4.31. The van der Waals surface area contributed by atoms with Crippen molar-refractivity contribution in [3.8, 4) is 0 Å². The number of benzene rings is 2. The molecule has 4 aromatic rings. The summed E-state index contributed by atoms with van der Waals surface area (Å²) in [5.74, 6) is 0. The standard InChI is InChI=1S/2C9H7.2ClH.Ti.Zr/c2*1-2-5-9-7-3-6-8(9)4-1;;;;/h2*1-7H;2*1H;;/q2*-1;;;2*+4/p-2. The van der Waals surface area contributed by atoms with Crippen molar-refractivity contribution in [3.63, 3.8) is 0 Å². The van der Waals surface area contributed by atoms with Crippen LogP contribution in [-0.2, 0) is 47.9 Å². The number of hydrogen-bond acceptors (Lipinski definition) is 0. The Balaban J connectivity index is 0. The monoisotopic (exact) mass is 438 g/mol. The van der Waals surface area contributed by atoms with Crippen LogP contribution in [0.15, 0.2) is 84.9 Å². The first kappa shape index (κ1) is 24.1. The topological polar surface area (TPSA) is 0 Å². The van der Waals surface area contributed by atoms with Crippen molar-refractivity contribution in [1.29, 1.82) is 0 Å². The molecule has 0 N–H and O–H groups in total. The SMILES string of the molecule is [Cl-].[Cl-].[Ti+4].[Zr+4].c1ccc2[cH-]ccc2c1.c1ccc2[cH-]ccc2c1. The first-order valence-corrected chi connectivity index (χ1v) is 6.14. The van der Waals surface area contributed by atoms with Gasteiger partial charge in [-0.1, -0.05) is 12.1 Å². The van der Waals surface area contributed by atoms with Gasteiger partial charge in [-0.2, -0.15) is 35.0 Å². The van der Waals surface area contributed by atoms with Crippen LogP contribution in [0.3, 0.4) is 0 Å². The Hall–Kier alpha value is -0.163. The van der Waals surface area contributed by atoms with E-state index in [0.29, 0.717) is 0 Å². The molecule has 0 radical (unpaired) electrons. The van der Waals surface area contributed by atoms with Gasteiger partial charge < -0.3 is 24.8 Å². The molecule has 22 heavy (non-hydrogen) atoms. The molecule has 0 fully saturated rings. The van der Waals surface area contributed by atoms with Gasteiger partial charge in [-0.15, -0.1) is 59.3 Å². The summed E-state index contributed by atoms with van der Waals surface area (Å²) in [5, 5.41) is 5.32. The molecule has 104 valence electrons. The molecule has 0 bridgehead atoms. The third-order valence-corrected chi connectivity index (χ3v) is 3.10. The average Bonchev–Trinajstić information content (AvgIpc) is 3.08. The number of fused-ring (bicyclic) bond motifs is 2. The van der Waals surface area contributed by atoms with Gasteiger partial charge in [0.15, 0.2) is 0 Å². The summed E-state index contributed by atoms with van der Waals surface area (Å²) >= 11 is 0. The van der Waals surface area contributed by atoms with E-state index in [1.54, 1.807) is 0 Å². The Kier molecular flexibility index (Phi) is 13.5. The van der Waals surface area contributed by atoms with Crippen LogP contribution in [0.1, 0.15) is 0 Å². The van der Waals surface area contributed by atoms with Crippen LogP contribution in [0.4, 0.5) is 0 Å². The van der Waals surface area contributed by atoms with Gasteiger partial charge in [0.05, 0.1) is 0 Å². The summed E-state index contributed by atoms with van der Waals surface area (Å²) in [6.07, 6.45) is 0.